The smallest absolute Gasteiger partial charge is 0.295 e. The van der Waals surface area contributed by atoms with Crippen molar-refractivity contribution in [2.75, 3.05) is 27.2 Å². The second-order valence-corrected chi connectivity index (χ2v) is 8.75. The summed E-state index contributed by atoms with van der Waals surface area (Å²) in [6, 6.07) is 14.0. The molecule has 0 saturated carbocycles. The lowest BCUT2D eigenvalue weighted by molar-refractivity contribution is -0.139. The zero-order valence-electron chi connectivity index (χ0n) is 19.5. The summed E-state index contributed by atoms with van der Waals surface area (Å²) >= 11 is 0. The van der Waals surface area contributed by atoms with Crippen LogP contribution in [-0.2, 0) is 9.59 Å². The first kappa shape index (κ1) is 23.5. The maximum Gasteiger partial charge on any atom is 0.295 e. The molecule has 1 aliphatic heterocycles. The molecule has 1 atom stereocenters. The standard InChI is InChI=1S/C26H32N2O4/c1-17(2)32-21-13-11-19(12-14-21)23-22(24(29)20-9-7-18(3)8-10-20)25(30)26(31)28(23)16-6-15-27(4)5/h7-14,17,23,29H,6,15-16H2,1-5H3/b24-22+. The number of benzene rings is 2. The van der Waals surface area contributed by atoms with Crippen LogP contribution in [0.4, 0.5) is 0 Å². The van der Waals surface area contributed by atoms with E-state index in [-0.39, 0.29) is 17.4 Å². The molecule has 3 rings (SSSR count). The van der Waals surface area contributed by atoms with Crippen LogP contribution in [0.25, 0.3) is 5.76 Å². The highest BCUT2D eigenvalue weighted by molar-refractivity contribution is 6.46. The second kappa shape index (κ2) is 10.0. The van der Waals surface area contributed by atoms with Gasteiger partial charge in [-0.05, 0) is 65.5 Å². The molecule has 1 heterocycles. The summed E-state index contributed by atoms with van der Waals surface area (Å²) in [5.41, 5.74) is 2.45. The van der Waals surface area contributed by atoms with Gasteiger partial charge in [0.05, 0.1) is 17.7 Å². The van der Waals surface area contributed by atoms with Gasteiger partial charge in [-0.3, -0.25) is 9.59 Å². The maximum atomic E-state index is 13.0. The molecule has 6 nitrogen and oxygen atoms in total. The summed E-state index contributed by atoms with van der Waals surface area (Å²) in [6.07, 6.45) is 0.759. The lowest BCUT2D eigenvalue weighted by Gasteiger charge is -2.26. The van der Waals surface area contributed by atoms with Crippen LogP contribution in [0.1, 0.15) is 43.0 Å². The maximum absolute atomic E-state index is 13.0. The van der Waals surface area contributed by atoms with Crippen molar-refractivity contribution in [2.45, 2.75) is 39.3 Å². The van der Waals surface area contributed by atoms with E-state index < -0.39 is 17.7 Å². The van der Waals surface area contributed by atoms with E-state index in [2.05, 4.69) is 0 Å². The number of nitrogens with zero attached hydrogens (tertiary/aromatic N) is 2. The van der Waals surface area contributed by atoms with Gasteiger partial charge >= 0.3 is 0 Å². The molecule has 32 heavy (non-hydrogen) atoms. The Morgan fingerprint density at radius 3 is 2.25 bits per heavy atom. The molecule has 0 aromatic heterocycles. The number of aliphatic hydroxyl groups excluding tert-OH is 1. The SMILES string of the molecule is Cc1ccc(/C(O)=C2\C(=O)C(=O)N(CCCN(C)C)C2c2ccc(OC(C)C)cc2)cc1. The van der Waals surface area contributed by atoms with Crippen molar-refractivity contribution >= 4 is 17.4 Å². The first-order valence-corrected chi connectivity index (χ1v) is 11.0. The average Bonchev–Trinajstić information content (AvgIpc) is 2.99. The Hall–Kier alpha value is -3.12. The molecule has 0 bridgehead atoms. The Morgan fingerprint density at radius 2 is 1.69 bits per heavy atom. The van der Waals surface area contributed by atoms with Gasteiger partial charge in [0.1, 0.15) is 11.5 Å². The molecule has 1 N–H and O–H groups in total. The Bertz CT molecular complexity index is 991. The third-order valence-corrected chi connectivity index (χ3v) is 5.44. The largest absolute Gasteiger partial charge is 0.507 e. The Kier molecular flexibility index (Phi) is 7.36. The third kappa shape index (κ3) is 5.19. The fourth-order valence-electron chi connectivity index (χ4n) is 3.88. The van der Waals surface area contributed by atoms with Crippen LogP contribution in [0.15, 0.2) is 54.1 Å². The fraction of sp³-hybridized carbons (Fsp3) is 0.385. The highest BCUT2D eigenvalue weighted by Gasteiger charge is 2.45. The highest BCUT2D eigenvalue weighted by Crippen LogP contribution is 2.40. The van der Waals surface area contributed by atoms with Crippen LogP contribution >= 0.6 is 0 Å². The van der Waals surface area contributed by atoms with Gasteiger partial charge in [-0.15, -0.1) is 0 Å². The molecule has 1 amide bonds. The number of hydrogen-bond acceptors (Lipinski definition) is 5. The van der Waals surface area contributed by atoms with Crippen LogP contribution in [0.3, 0.4) is 0 Å². The topological polar surface area (TPSA) is 70.1 Å². The summed E-state index contributed by atoms with van der Waals surface area (Å²) in [6.45, 7) is 7.07. The van der Waals surface area contributed by atoms with E-state index in [1.165, 1.54) is 0 Å². The van der Waals surface area contributed by atoms with Gasteiger partial charge in [-0.2, -0.15) is 0 Å². The molecule has 1 unspecified atom stereocenters. The summed E-state index contributed by atoms with van der Waals surface area (Å²) in [5, 5.41) is 11.1. The van der Waals surface area contributed by atoms with Gasteiger partial charge in [0.25, 0.3) is 11.7 Å². The van der Waals surface area contributed by atoms with Crippen molar-refractivity contribution in [1.82, 2.24) is 9.80 Å². The third-order valence-electron chi connectivity index (χ3n) is 5.44. The van der Waals surface area contributed by atoms with E-state index in [9.17, 15) is 14.7 Å². The normalized spacial score (nSPS) is 18.1. The number of rotatable bonds is 8. The van der Waals surface area contributed by atoms with Crippen molar-refractivity contribution in [3.05, 3.63) is 70.8 Å². The predicted molar refractivity (Wildman–Crippen MR) is 126 cm³/mol. The van der Waals surface area contributed by atoms with E-state index >= 15 is 0 Å². The predicted octanol–water partition coefficient (Wildman–Crippen LogP) is 4.16. The van der Waals surface area contributed by atoms with Crippen molar-refractivity contribution in [3.63, 3.8) is 0 Å². The number of likely N-dealkylation sites (tertiary alicyclic amines) is 1. The number of hydrogen-bond donors (Lipinski definition) is 1. The Balaban J connectivity index is 2.05. The zero-order chi connectivity index (χ0) is 23.4. The number of carbonyl (C=O) groups is 2. The minimum Gasteiger partial charge on any atom is -0.507 e. The zero-order valence-corrected chi connectivity index (χ0v) is 19.5. The van der Waals surface area contributed by atoms with E-state index in [0.29, 0.717) is 17.9 Å². The van der Waals surface area contributed by atoms with Crippen molar-refractivity contribution in [2.24, 2.45) is 0 Å². The van der Waals surface area contributed by atoms with Crippen molar-refractivity contribution in [3.8, 4) is 5.75 Å². The number of carbonyl (C=O) groups excluding carboxylic acids is 2. The first-order valence-electron chi connectivity index (χ1n) is 11.0. The molecule has 0 spiro atoms. The monoisotopic (exact) mass is 436 g/mol. The van der Waals surface area contributed by atoms with Gasteiger partial charge in [-0.1, -0.05) is 42.0 Å². The van der Waals surface area contributed by atoms with Crippen LogP contribution < -0.4 is 4.74 Å². The van der Waals surface area contributed by atoms with Crippen LogP contribution in [0.2, 0.25) is 0 Å². The molecular weight excluding hydrogens is 404 g/mol. The lowest BCUT2D eigenvalue weighted by atomic mass is 9.95. The number of amides is 1. The molecular formula is C26H32N2O4. The quantitative estimate of drug-likeness (QED) is 0.382. The molecule has 1 saturated heterocycles. The minimum atomic E-state index is -0.652. The van der Waals surface area contributed by atoms with Gasteiger partial charge in [-0.25, -0.2) is 0 Å². The van der Waals surface area contributed by atoms with E-state index in [1.807, 2.05) is 76.2 Å². The number of aliphatic hydroxyl groups is 1. The van der Waals surface area contributed by atoms with Crippen molar-refractivity contribution < 1.29 is 19.4 Å². The molecule has 2 aromatic rings. The van der Waals surface area contributed by atoms with Crippen LogP contribution in [0.5, 0.6) is 5.75 Å². The summed E-state index contributed by atoms with van der Waals surface area (Å²) < 4.78 is 5.73. The summed E-state index contributed by atoms with van der Waals surface area (Å²) in [4.78, 5) is 29.6. The van der Waals surface area contributed by atoms with E-state index in [0.717, 1.165) is 24.1 Å². The molecule has 1 aliphatic rings. The Morgan fingerprint density at radius 1 is 1.06 bits per heavy atom. The minimum absolute atomic E-state index is 0.0408. The fourth-order valence-corrected chi connectivity index (χ4v) is 3.88. The average molecular weight is 437 g/mol. The molecule has 1 fully saturated rings. The molecule has 0 aliphatic carbocycles. The summed E-state index contributed by atoms with van der Waals surface area (Å²) in [7, 11) is 3.94. The van der Waals surface area contributed by atoms with Gasteiger partial charge in [0.15, 0.2) is 0 Å². The van der Waals surface area contributed by atoms with Gasteiger partial charge < -0.3 is 19.6 Å². The van der Waals surface area contributed by atoms with Gasteiger partial charge in [0, 0.05) is 12.1 Å². The Labute approximate surface area is 190 Å². The molecule has 6 heteroatoms. The number of ether oxygens (including phenoxy) is 1. The summed E-state index contributed by atoms with van der Waals surface area (Å²) in [5.74, 6) is -0.664. The molecule has 0 radical (unpaired) electrons. The molecule has 170 valence electrons. The lowest BCUT2D eigenvalue weighted by Crippen LogP contribution is -2.32. The number of aryl methyl sites for hydroxylation is 1. The van der Waals surface area contributed by atoms with Crippen molar-refractivity contribution in [1.29, 1.82) is 0 Å². The second-order valence-electron chi connectivity index (χ2n) is 8.75. The first-order chi connectivity index (χ1) is 15.2. The van der Waals surface area contributed by atoms with E-state index in [1.54, 1.807) is 17.0 Å². The highest BCUT2D eigenvalue weighted by atomic mass is 16.5. The van der Waals surface area contributed by atoms with Gasteiger partial charge in [0.2, 0.25) is 0 Å². The van der Waals surface area contributed by atoms with E-state index in [4.69, 9.17) is 4.74 Å². The van der Waals surface area contributed by atoms with Crippen LogP contribution in [0, 0.1) is 6.92 Å². The number of Topliss-reactive ketones (excluding diaryl/α,β-unsaturated/α-hetero) is 1. The van der Waals surface area contributed by atoms with Crippen LogP contribution in [-0.4, -0.2) is 59.9 Å². The number of ketones is 1. The molecule has 2 aromatic carbocycles.